The lowest BCUT2D eigenvalue weighted by Gasteiger charge is -2.36. The third-order valence-electron chi connectivity index (χ3n) is 6.79. The molecule has 0 aliphatic heterocycles. The summed E-state index contributed by atoms with van der Waals surface area (Å²) in [5.74, 6) is 0.370. The number of hydrogen-bond donors (Lipinski definition) is 1. The van der Waals surface area contributed by atoms with Crippen molar-refractivity contribution < 1.29 is 4.79 Å². The number of nitrogens with one attached hydrogen (secondary N) is 1. The number of rotatable bonds is 3. The van der Waals surface area contributed by atoms with Crippen LogP contribution in [0, 0.1) is 5.41 Å². The summed E-state index contributed by atoms with van der Waals surface area (Å²) in [4.78, 5) is 23.4. The van der Waals surface area contributed by atoms with Crippen LogP contribution in [0.5, 0.6) is 0 Å². The fourth-order valence-corrected chi connectivity index (χ4v) is 5.26. The molecule has 0 saturated heterocycles. The van der Waals surface area contributed by atoms with Crippen LogP contribution in [-0.4, -0.2) is 15.9 Å². The molecule has 4 heteroatoms. The first-order valence-electron chi connectivity index (χ1n) is 9.63. The van der Waals surface area contributed by atoms with Crippen molar-refractivity contribution in [1.29, 1.82) is 0 Å². The first kappa shape index (κ1) is 16.4. The van der Waals surface area contributed by atoms with Crippen molar-refractivity contribution in [3.63, 3.8) is 0 Å². The number of carbonyl (C=O) groups is 1. The average Bonchev–Trinajstić information content (AvgIpc) is 3.07. The Balaban J connectivity index is 1.58. The minimum absolute atomic E-state index is 0.0854. The molecule has 2 atom stereocenters. The normalized spacial score (nSPS) is 24.7. The van der Waals surface area contributed by atoms with Crippen LogP contribution >= 0.6 is 0 Å². The number of hydrogen-bond acceptors (Lipinski definition) is 3. The second kappa shape index (κ2) is 5.62. The summed E-state index contributed by atoms with van der Waals surface area (Å²) in [6, 6.07) is 18.0. The summed E-state index contributed by atoms with van der Waals surface area (Å²) < 4.78 is 0. The van der Waals surface area contributed by atoms with Crippen LogP contribution < -0.4 is 5.32 Å². The smallest absolute Gasteiger partial charge is 0.233 e. The Kier molecular flexibility index (Phi) is 3.42. The maximum Gasteiger partial charge on any atom is 0.233 e. The summed E-state index contributed by atoms with van der Waals surface area (Å²) >= 11 is 0. The van der Waals surface area contributed by atoms with Gasteiger partial charge in [-0.2, -0.15) is 0 Å². The van der Waals surface area contributed by atoms with Crippen LogP contribution in [0.4, 0.5) is 0 Å². The van der Waals surface area contributed by atoms with Gasteiger partial charge in [0.2, 0.25) is 5.91 Å². The standard InChI is InChI=1S/C23H23N3O/c1-22(2)16-12-13-23(22,21(27)24-14-15-8-4-3-5-9-15)20-19(16)25-17-10-6-7-11-18(17)26-20/h3-11,16H,12-14H2,1-2H3,(H,24,27). The minimum atomic E-state index is -0.598. The van der Waals surface area contributed by atoms with Gasteiger partial charge in [0.1, 0.15) is 0 Å². The molecule has 1 saturated carbocycles. The van der Waals surface area contributed by atoms with E-state index in [1.165, 1.54) is 0 Å². The third-order valence-corrected chi connectivity index (χ3v) is 6.79. The van der Waals surface area contributed by atoms with Gasteiger partial charge >= 0.3 is 0 Å². The van der Waals surface area contributed by atoms with Gasteiger partial charge in [-0.1, -0.05) is 56.3 Å². The second-order valence-electron chi connectivity index (χ2n) is 8.33. The first-order chi connectivity index (χ1) is 13.0. The fourth-order valence-electron chi connectivity index (χ4n) is 5.26. The van der Waals surface area contributed by atoms with Crippen molar-refractivity contribution in [3.05, 3.63) is 71.5 Å². The van der Waals surface area contributed by atoms with Crippen molar-refractivity contribution >= 4 is 16.9 Å². The third kappa shape index (κ3) is 2.13. The molecule has 2 aliphatic carbocycles. The van der Waals surface area contributed by atoms with E-state index in [1.807, 2.05) is 54.6 Å². The zero-order chi connectivity index (χ0) is 18.6. The van der Waals surface area contributed by atoms with Gasteiger partial charge in [0.25, 0.3) is 0 Å². The van der Waals surface area contributed by atoms with Gasteiger partial charge in [-0.05, 0) is 36.0 Å². The van der Waals surface area contributed by atoms with Gasteiger partial charge in [0, 0.05) is 12.5 Å². The van der Waals surface area contributed by atoms with Crippen LogP contribution in [0.2, 0.25) is 0 Å². The van der Waals surface area contributed by atoms with Gasteiger partial charge in [-0.25, -0.2) is 9.97 Å². The Hall–Kier alpha value is -2.75. The van der Waals surface area contributed by atoms with E-state index in [0.717, 1.165) is 40.8 Å². The number of carbonyl (C=O) groups excluding carboxylic acids is 1. The number of nitrogens with zero attached hydrogens (tertiary/aromatic N) is 2. The molecule has 136 valence electrons. The molecule has 1 amide bonds. The Bertz CT molecular complexity index is 1040. The molecular formula is C23H23N3O. The molecule has 4 nitrogen and oxygen atoms in total. The van der Waals surface area contributed by atoms with Crippen LogP contribution in [0.3, 0.4) is 0 Å². The molecule has 3 aromatic rings. The molecule has 1 fully saturated rings. The minimum Gasteiger partial charge on any atom is -0.351 e. The van der Waals surface area contributed by atoms with Gasteiger partial charge in [-0.15, -0.1) is 0 Å². The molecule has 1 heterocycles. The lowest BCUT2D eigenvalue weighted by Crippen LogP contribution is -2.49. The molecule has 1 N–H and O–H groups in total. The fraction of sp³-hybridized carbons (Fsp3) is 0.348. The molecule has 0 radical (unpaired) electrons. The zero-order valence-electron chi connectivity index (χ0n) is 15.7. The van der Waals surface area contributed by atoms with Crippen LogP contribution in [-0.2, 0) is 16.8 Å². The number of fused-ring (bicyclic) bond motifs is 6. The van der Waals surface area contributed by atoms with Gasteiger partial charge in [-0.3, -0.25) is 4.79 Å². The predicted octanol–water partition coefficient (Wildman–Crippen LogP) is 4.10. The van der Waals surface area contributed by atoms with Crippen molar-refractivity contribution in [3.8, 4) is 0 Å². The largest absolute Gasteiger partial charge is 0.351 e. The van der Waals surface area contributed by atoms with E-state index in [2.05, 4.69) is 19.2 Å². The lowest BCUT2D eigenvalue weighted by atomic mass is 9.67. The van der Waals surface area contributed by atoms with Crippen molar-refractivity contribution in [1.82, 2.24) is 15.3 Å². The second-order valence-corrected chi connectivity index (χ2v) is 8.33. The van der Waals surface area contributed by atoms with Gasteiger partial charge in [0.05, 0.1) is 27.8 Å². The maximum atomic E-state index is 13.5. The summed E-state index contributed by atoms with van der Waals surface area (Å²) in [6.45, 7) is 4.96. The van der Waals surface area contributed by atoms with E-state index < -0.39 is 5.41 Å². The molecule has 1 aromatic heterocycles. The highest BCUT2D eigenvalue weighted by Crippen LogP contribution is 2.67. The van der Waals surface area contributed by atoms with Crippen molar-refractivity contribution in [2.24, 2.45) is 5.41 Å². The Morgan fingerprint density at radius 1 is 1.04 bits per heavy atom. The van der Waals surface area contributed by atoms with E-state index in [4.69, 9.17) is 9.97 Å². The highest BCUT2D eigenvalue weighted by molar-refractivity contribution is 5.92. The highest BCUT2D eigenvalue weighted by Gasteiger charge is 2.67. The number of aromatic nitrogens is 2. The van der Waals surface area contributed by atoms with Crippen LogP contribution in [0.25, 0.3) is 11.0 Å². The molecular weight excluding hydrogens is 334 g/mol. The quantitative estimate of drug-likeness (QED) is 0.768. The van der Waals surface area contributed by atoms with Gasteiger partial charge in [0.15, 0.2) is 0 Å². The number of para-hydroxylation sites is 2. The lowest BCUT2D eigenvalue weighted by molar-refractivity contribution is -0.130. The highest BCUT2D eigenvalue weighted by atomic mass is 16.2. The van der Waals surface area contributed by atoms with Gasteiger partial charge < -0.3 is 5.32 Å². The Labute approximate surface area is 159 Å². The average molecular weight is 357 g/mol. The van der Waals surface area contributed by atoms with E-state index >= 15 is 0 Å². The van der Waals surface area contributed by atoms with Crippen LogP contribution in [0.15, 0.2) is 54.6 Å². The molecule has 5 rings (SSSR count). The monoisotopic (exact) mass is 357 g/mol. The Morgan fingerprint density at radius 2 is 1.70 bits per heavy atom. The van der Waals surface area contributed by atoms with Crippen LogP contribution in [0.1, 0.15) is 49.6 Å². The van der Waals surface area contributed by atoms with E-state index in [9.17, 15) is 4.79 Å². The van der Waals surface area contributed by atoms with E-state index in [-0.39, 0.29) is 17.2 Å². The molecule has 0 spiro atoms. The molecule has 2 unspecified atom stereocenters. The molecule has 2 aliphatic rings. The summed E-state index contributed by atoms with van der Waals surface area (Å²) in [7, 11) is 0. The molecule has 2 bridgehead atoms. The van der Waals surface area contributed by atoms with E-state index in [0.29, 0.717) is 6.54 Å². The SMILES string of the molecule is CC1(C)C2CCC1(C(=O)NCc1ccccc1)c1nc3ccccc3nc12. The zero-order valence-corrected chi connectivity index (χ0v) is 15.7. The van der Waals surface area contributed by atoms with E-state index in [1.54, 1.807) is 0 Å². The number of amides is 1. The maximum absolute atomic E-state index is 13.5. The summed E-state index contributed by atoms with van der Waals surface area (Å²) in [5, 5.41) is 3.20. The van der Waals surface area contributed by atoms with Crippen molar-refractivity contribution in [2.45, 2.75) is 44.6 Å². The summed E-state index contributed by atoms with van der Waals surface area (Å²) in [5.41, 5.74) is 4.03. The van der Waals surface area contributed by atoms with Crippen molar-refractivity contribution in [2.75, 3.05) is 0 Å². The summed E-state index contributed by atoms with van der Waals surface area (Å²) in [6.07, 6.45) is 1.83. The topological polar surface area (TPSA) is 54.9 Å². The molecule has 2 aromatic carbocycles. The first-order valence-corrected chi connectivity index (χ1v) is 9.63. The predicted molar refractivity (Wildman–Crippen MR) is 105 cm³/mol. The molecule has 27 heavy (non-hydrogen) atoms. The Morgan fingerprint density at radius 3 is 2.44 bits per heavy atom. The number of benzene rings is 2.